The summed E-state index contributed by atoms with van der Waals surface area (Å²) in [6.45, 7) is 4.21. The number of piperazine rings is 1. The summed E-state index contributed by atoms with van der Waals surface area (Å²) in [5.41, 5.74) is 0.514. The number of halogens is 2. The molecule has 1 atom stereocenters. The molecule has 1 fully saturated rings. The zero-order valence-electron chi connectivity index (χ0n) is 9.54. The van der Waals surface area contributed by atoms with E-state index in [4.69, 9.17) is 0 Å². The van der Waals surface area contributed by atoms with Crippen molar-refractivity contribution < 1.29 is 9.18 Å². The van der Waals surface area contributed by atoms with Crippen molar-refractivity contribution in [2.75, 3.05) is 19.6 Å². The van der Waals surface area contributed by atoms with E-state index in [9.17, 15) is 9.18 Å². The molecule has 0 bridgehead atoms. The number of carbonyl (C=O) groups is 1. The van der Waals surface area contributed by atoms with Gasteiger partial charge in [-0.3, -0.25) is 4.79 Å². The predicted molar refractivity (Wildman–Crippen MR) is 67.5 cm³/mol. The lowest BCUT2D eigenvalue weighted by Gasteiger charge is -2.32. The number of nitrogens with zero attached hydrogens (tertiary/aromatic N) is 1. The van der Waals surface area contributed by atoms with Crippen molar-refractivity contribution in [3.05, 3.63) is 34.1 Å². The molecule has 0 saturated carbocycles. The van der Waals surface area contributed by atoms with Gasteiger partial charge >= 0.3 is 0 Å². The Morgan fingerprint density at radius 2 is 2.35 bits per heavy atom. The van der Waals surface area contributed by atoms with E-state index in [1.807, 2.05) is 6.92 Å². The van der Waals surface area contributed by atoms with Gasteiger partial charge in [0, 0.05) is 30.1 Å². The number of rotatable bonds is 1. The van der Waals surface area contributed by atoms with Crippen LogP contribution in [0.25, 0.3) is 0 Å². The van der Waals surface area contributed by atoms with Crippen molar-refractivity contribution in [1.29, 1.82) is 0 Å². The molecular formula is C12H14BrFN2O. The van der Waals surface area contributed by atoms with Crippen molar-refractivity contribution in [2.24, 2.45) is 0 Å². The minimum absolute atomic E-state index is 0.0507. The van der Waals surface area contributed by atoms with Crippen LogP contribution < -0.4 is 5.32 Å². The maximum atomic E-state index is 13.0. The quantitative estimate of drug-likeness (QED) is 0.861. The lowest BCUT2D eigenvalue weighted by Crippen LogP contribution is -2.51. The molecule has 1 aromatic carbocycles. The number of hydrogen-bond acceptors (Lipinski definition) is 2. The van der Waals surface area contributed by atoms with Gasteiger partial charge in [0.2, 0.25) is 0 Å². The van der Waals surface area contributed by atoms with Crippen LogP contribution in [0.15, 0.2) is 22.7 Å². The monoisotopic (exact) mass is 300 g/mol. The van der Waals surface area contributed by atoms with Gasteiger partial charge in [-0.05, 0) is 41.1 Å². The Balaban J connectivity index is 2.18. The third-order valence-electron chi connectivity index (χ3n) is 2.82. The SMILES string of the molecule is CC1CN(C(=O)c2ccc(F)cc2Br)CCN1. The van der Waals surface area contributed by atoms with Crippen molar-refractivity contribution in [3.63, 3.8) is 0 Å². The highest BCUT2D eigenvalue weighted by Gasteiger charge is 2.23. The fourth-order valence-corrected chi connectivity index (χ4v) is 2.47. The molecule has 2 rings (SSSR count). The Labute approximate surface area is 108 Å². The number of nitrogens with one attached hydrogen (secondary N) is 1. The molecule has 5 heteroatoms. The van der Waals surface area contributed by atoms with Crippen LogP contribution in [0.1, 0.15) is 17.3 Å². The van der Waals surface area contributed by atoms with Crippen LogP contribution in [0, 0.1) is 5.82 Å². The highest BCUT2D eigenvalue weighted by molar-refractivity contribution is 9.10. The van der Waals surface area contributed by atoms with Gasteiger partial charge in [-0.15, -0.1) is 0 Å². The van der Waals surface area contributed by atoms with E-state index in [0.29, 0.717) is 29.2 Å². The van der Waals surface area contributed by atoms with E-state index in [1.165, 1.54) is 18.2 Å². The first-order valence-electron chi connectivity index (χ1n) is 5.55. The highest BCUT2D eigenvalue weighted by Crippen LogP contribution is 2.20. The summed E-state index contributed by atoms with van der Waals surface area (Å²) < 4.78 is 13.5. The minimum Gasteiger partial charge on any atom is -0.336 e. The second kappa shape index (κ2) is 5.14. The molecule has 92 valence electrons. The van der Waals surface area contributed by atoms with Gasteiger partial charge in [-0.1, -0.05) is 0 Å². The Kier molecular flexibility index (Phi) is 3.79. The van der Waals surface area contributed by atoms with E-state index in [0.717, 1.165) is 6.54 Å². The third kappa shape index (κ3) is 2.84. The molecule has 0 aliphatic carbocycles. The maximum absolute atomic E-state index is 13.0. The summed E-state index contributed by atoms with van der Waals surface area (Å²) in [5.74, 6) is -0.396. The Hall–Kier alpha value is -0.940. The van der Waals surface area contributed by atoms with Gasteiger partial charge in [0.1, 0.15) is 5.82 Å². The van der Waals surface area contributed by atoms with Gasteiger partial charge in [-0.25, -0.2) is 4.39 Å². The molecule has 17 heavy (non-hydrogen) atoms. The molecule has 3 nitrogen and oxygen atoms in total. The van der Waals surface area contributed by atoms with Crippen LogP contribution >= 0.6 is 15.9 Å². The van der Waals surface area contributed by atoms with Crippen LogP contribution in [0.4, 0.5) is 4.39 Å². The fraction of sp³-hybridized carbons (Fsp3) is 0.417. The van der Waals surface area contributed by atoms with Crippen LogP contribution in [0.2, 0.25) is 0 Å². The lowest BCUT2D eigenvalue weighted by molar-refractivity contribution is 0.0708. The summed E-state index contributed by atoms with van der Waals surface area (Å²) in [7, 11) is 0. The van der Waals surface area contributed by atoms with Crippen LogP contribution in [-0.2, 0) is 0 Å². The molecule has 0 spiro atoms. The Bertz CT molecular complexity index is 439. The second-order valence-electron chi connectivity index (χ2n) is 4.23. The fourth-order valence-electron chi connectivity index (χ4n) is 1.95. The average Bonchev–Trinajstić information content (AvgIpc) is 2.28. The lowest BCUT2D eigenvalue weighted by atomic mass is 10.1. The minimum atomic E-state index is -0.345. The first kappa shape index (κ1) is 12.5. The summed E-state index contributed by atoms with van der Waals surface area (Å²) in [6.07, 6.45) is 0. The van der Waals surface area contributed by atoms with E-state index in [2.05, 4.69) is 21.2 Å². The normalized spacial score (nSPS) is 20.4. The molecular weight excluding hydrogens is 287 g/mol. The molecule has 1 saturated heterocycles. The molecule has 1 aliphatic rings. The van der Waals surface area contributed by atoms with Crippen LogP contribution in [0.5, 0.6) is 0 Å². The van der Waals surface area contributed by atoms with Gasteiger partial charge < -0.3 is 10.2 Å². The molecule has 1 amide bonds. The summed E-state index contributed by atoms with van der Waals surface area (Å²) >= 11 is 3.23. The molecule has 1 heterocycles. The smallest absolute Gasteiger partial charge is 0.255 e. The van der Waals surface area contributed by atoms with E-state index in [1.54, 1.807) is 4.90 Å². The van der Waals surface area contributed by atoms with Crippen LogP contribution in [0.3, 0.4) is 0 Å². The second-order valence-corrected chi connectivity index (χ2v) is 5.08. The average molecular weight is 301 g/mol. The highest BCUT2D eigenvalue weighted by atomic mass is 79.9. The van der Waals surface area contributed by atoms with Crippen molar-refractivity contribution in [3.8, 4) is 0 Å². The standard InChI is InChI=1S/C12H14BrFN2O/c1-8-7-16(5-4-15-8)12(17)10-3-2-9(14)6-11(10)13/h2-3,6,8,15H,4-5,7H2,1H3. The largest absolute Gasteiger partial charge is 0.336 e. The molecule has 0 radical (unpaired) electrons. The third-order valence-corrected chi connectivity index (χ3v) is 3.47. The van der Waals surface area contributed by atoms with Gasteiger partial charge in [0.15, 0.2) is 0 Å². The van der Waals surface area contributed by atoms with Crippen molar-refractivity contribution >= 4 is 21.8 Å². The van der Waals surface area contributed by atoms with Gasteiger partial charge in [-0.2, -0.15) is 0 Å². The predicted octanol–water partition coefficient (Wildman–Crippen LogP) is 2.02. The Morgan fingerprint density at radius 1 is 1.59 bits per heavy atom. The molecule has 1 unspecified atom stereocenters. The molecule has 1 aromatic rings. The number of hydrogen-bond donors (Lipinski definition) is 1. The first-order chi connectivity index (χ1) is 8.08. The van der Waals surface area contributed by atoms with E-state index >= 15 is 0 Å². The summed E-state index contributed by atoms with van der Waals surface area (Å²) in [5, 5.41) is 3.28. The van der Waals surface area contributed by atoms with Gasteiger partial charge in [0.25, 0.3) is 5.91 Å². The van der Waals surface area contributed by atoms with Gasteiger partial charge in [0.05, 0.1) is 5.56 Å². The van der Waals surface area contributed by atoms with E-state index in [-0.39, 0.29) is 11.7 Å². The zero-order valence-corrected chi connectivity index (χ0v) is 11.1. The van der Waals surface area contributed by atoms with E-state index < -0.39 is 0 Å². The summed E-state index contributed by atoms with van der Waals surface area (Å²) in [6, 6.07) is 4.45. The number of carbonyl (C=O) groups excluding carboxylic acids is 1. The Morgan fingerprint density at radius 3 is 3.00 bits per heavy atom. The molecule has 1 N–H and O–H groups in total. The summed E-state index contributed by atoms with van der Waals surface area (Å²) in [4.78, 5) is 14.0. The van der Waals surface area contributed by atoms with Crippen molar-refractivity contribution in [2.45, 2.75) is 13.0 Å². The van der Waals surface area contributed by atoms with Crippen molar-refractivity contribution in [1.82, 2.24) is 10.2 Å². The molecule has 1 aliphatic heterocycles. The zero-order chi connectivity index (χ0) is 12.4. The first-order valence-corrected chi connectivity index (χ1v) is 6.35. The number of amides is 1. The maximum Gasteiger partial charge on any atom is 0.255 e. The van der Waals surface area contributed by atoms with Crippen LogP contribution in [-0.4, -0.2) is 36.5 Å². The number of benzene rings is 1. The topological polar surface area (TPSA) is 32.3 Å². The molecule has 0 aromatic heterocycles.